The number of benzene rings is 1. The number of hydrogen-bond donors (Lipinski definition) is 0. The molecule has 1 heterocycles. The lowest BCUT2D eigenvalue weighted by Gasteiger charge is -2.35. The number of piperidine rings is 1. The molecule has 1 aliphatic rings. The molecule has 8 heteroatoms. The zero-order valence-electron chi connectivity index (χ0n) is 13.5. The van der Waals surface area contributed by atoms with Gasteiger partial charge in [0.15, 0.2) is 0 Å². The Balaban J connectivity index is 2.14. The quantitative estimate of drug-likeness (QED) is 0.358. The van der Waals surface area contributed by atoms with Crippen molar-refractivity contribution in [2.24, 2.45) is 5.92 Å². The van der Waals surface area contributed by atoms with Gasteiger partial charge in [-0.15, -0.1) is 0 Å². The predicted octanol–water partition coefficient (Wildman–Crippen LogP) is 3.19. The molecule has 0 N–H and O–H groups in total. The fourth-order valence-corrected chi connectivity index (χ4v) is 2.89. The molecule has 24 heavy (non-hydrogen) atoms. The molecule has 0 spiro atoms. The standard InChI is InChI=1S/C16H19ClN2O5/c1-10(2)15(20)18-8-4-3-5-14(18)16(21)24-11-6-7-13(19(22)23)12(17)9-11/h6-7,9-10,14H,3-5,8H2,1-2H3. The molecule has 1 atom stereocenters. The van der Waals surface area contributed by atoms with E-state index in [9.17, 15) is 19.7 Å². The summed E-state index contributed by atoms with van der Waals surface area (Å²) in [5.41, 5.74) is -0.259. The van der Waals surface area contributed by atoms with Crippen LogP contribution >= 0.6 is 11.6 Å². The second-order valence-electron chi connectivity index (χ2n) is 5.99. The predicted molar refractivity (Wildman–Crippen MR) is 87.9 cm³/mol. The van der Waals surface area contributed by atoms with Crippen LogP contribution in [0.4, 0.5) is 5.69 Å². The highest BCUT2D eigenvalue weighted by molar-refractivity contribution is 6.32. The highest BCUT2D eigenvalue weighted by Crippen LogP contribution is 2.29. The minimum absolute atomic E-state index is 0.0848. The number of carbonyl (C=O) groups excluding carboxylic acids is 2. The molecule has 7 nitrogen and oxygen atoms in total. The first kappa shape index (κ1) is 18.2. The van der Waals surface area contributed by atoms with Crippen LogP contribution in [-0.4, -0.2) is 34.3 Å². The Morgan fingerprint density at radius 1 is 1.38 bits per heavy atom. The summed E-state index contributed by atoms with van der Waals surface area (Å²) in [5.74, 6) is -0.711. The fraction of sp³-hybridized carbons (Fsp3) is 0.500. The van der Waals surface area contributed by atoms with E-state index in [1.54, 1.807) is 18.7 Å². The van der Waals surface area contributed by atoms with Gasteiger partial charge in [0.05, 0.1) is 4.92 Å². The maximum atomic E-state index is 12.4. The molecule has 0 aliphatic carbocycles. The van der Waals surface area contributed by atoms with E-state index in [2.05, 4.69) is 0 Å². The summed E-state index contributed by atoms with van der Waals surface area (Å²) in [6.07, 6.45) is 2.23. The summed E-state index contributed by atoms with van der Waals surface area (Å²) in [4.78, 5) is 36.4. The summed E-state index contributed by atoms with van der Waals surface area (Å²) in [5, 5.41) is 10.6. The number of nitro benzene ring substituents is 1. The Morgan fingerprint density at radius 3 is 2.67 bits per heavy atom. The van der Waals surface area contributed by atoms with Gasteiger partial charge < -0.3 is 9.64 Å². The third-order valence-electron chi connectivity index (χ3n) is 3.89. The first-order valence-electron chi connectivity index (χ1n) is 7.77. The van der Waals surface area contributed by atoms with Crippen LogP contribution in [-0.2, 0) is 9.59 Å². The Kier molecular flexibility index (Phi) is 5.77. The number of ether oxygens (including phenoxy) is 1. The lowest BCUT2D eigenvalue weighted by Crippen LogP contribution is -2.50. The van der Waals surface area contributed by atoms with Crippen molar-refractivity contribution in [1.82, 2.24) is 4.90 Å². The second-order valence-corrected chi connectivity index (χ2v) is 6.40. The minimum Gasteiger partial charge on any atom is -0.425 e. The Bertz CT molecular complexity index is 662. The van der Waals surface area contributed by atoms with Crippen LogP contribution in [0.2, 0.25) is 5.02 Å². The van der Waals surface area contributed by atoms with E-state index in [4.69, 9.17) is 16.3 Å². The van der Waals surface area contributed by atoms with E-state index in [1.165, 1.54) is 18.2 Å². The Labute approximate surface area is 144 Å². The van der Waals surface area contributed by atoms with E-state index in [0.717, 1.165) is 12.8 Å². The van der Waals surface area contributed by atoms with Gasteiger partial charge in [-0.3, -0.25) is 14.9 Å². The van der Waals surface area contributed by atoms with E-state index in [-0.39, 0.29) is 28.3 Å². The van der Waals surface area contributed by atoms with Crippen molar-refractivity contribution < 1.29 is 19.2 Å². The number of carbonyl (C=O) groups is 2. The van der Waals surface area contributed by atoms with Crippen LogP contribution in [0, 0.1) is 16.0 Å². The Morgan fingerprint density at radius 2 is 2.08 bits per heavy atom. The van der Waals surface area contributed by atoms with Crippen molar-refractivity contribution in [2.75, 3.05) is 6.54 Å². The molecule has 0 radical (unpaired) electrons. The zero-order valence-corrected chi connectivity index (χ0v) is 14.3. The highest BCUT2D eigenvalue weighted by atomic mass is 35.5. The van der Waals surface area contributed by atoms with Crippen LogP contribution < -0.4 is 4.74 Å². The number of esters is 1. The maximum absolute atomic E-state index is 12.4. The molecule has 1 fully saturated rings. The monoisotopic (exact) mass is 354 g/mol. The molecule has 1 unspecified atom stereocenters. The van der Waals surface area contributed by atoms with Gasteiger partial charge in [-0.2, -0.15) is 0 Å². The van der Waals surface area contributed by atoms with Crippen LogP contribution in [0.1, 0.15) is 33.1 Å². The number of rotatable bonds is 4. The second kappa shape index (κ2) is 7.61. The number of nitro groups is 1. The molecular weight excluding hydrogens is 336 g/mol. The van der Waals surface area contributed by atoms with Gasteiger partial charge in [-0.25, -0.2) is 4.79 Å². The van der Waals surface area contributed by atoms with Gasteiger partial charge in [0.25, 0.3) is 5.69 Å². The van der Waals surface area contributed by atoms with E-state index >= 15 is 0 Å². The molecule has 0 saturated carbocycles. The van der Waals surface area contributed by atoms with Crippen molar-refractivity contribution in [1.29, 1.82) is 0 Å². The molecule has 0 bridgehead atoms. The van der Waals surface area contributed by atoms with Crippen molar-refractivity contribution >= 4 is 29.2 Å². The molecule has 130 valence electrons. The molecule has 1 aromatic carbocycles. The number of likely N-dealkylation sites (tertiary alicyclic amines) is 1. The SMILES string of the molecule is CC(C)C(=O)N1CCCCC1C(=O)Oc1ccc([N+](=O)[O-])c(Cl)c1. The van der Waals surface area contributed by atoms with Crippen molar-refractivity contribution in [3.63, 3.8) is 0 Å². The van der Waals surface area contributed by atoms with Gasteiger partial charge in [-0.1, -0.05) is 25.4 Å². The van der Waals surface area contributed by atoms with Gasteiger partial charge >= 0.3 is 5.97 Å². The molecule has 1 aliphatic heterocycles. The van der Waals surface area contributed by atoms with Crippen LogP contribution in [0.25, 0.3) is 0 Å². The van der Waals surface area contributed by atoms with Crippen molar-refractivity contribution in [2.45, 2.75) is 39.2 Å². The first-order chi connectivity index (χ1) is 11.3. The zero-order chi connectivity index (χ0) is 17.9. The van der Waals surface area contributed by atoms with Crippen LogP contribution in [0.3, 0.4) is 0 Å². The average Bonchev–Trinajstić information content (AvgIpc) is 2.53. The van der Waals surface area contributed by atoms with Crippen molar-refractivity contribution in [3.8, 4) is 5.75 Å². The van der Waals surface area contributed by atoms with Gasteiger partial charge in [-0.05, 0) is 25.3 Å². The third-order valence-corrected chi connectivity index (χ3v) is 4.19. The van der Waals surface area contributed by atoms with Crippen LogP contribution in [0.5, 0.6) is 5.75 Å². The fourth-order valence-electron chi connectivity index (χ4n) is 2.66. The summed E-state index contributed by atoms with van der Waals surface area (Å²) in [6.45, 7) is 4.10. The highest BCUT2D eigenvalue weighted by Gasteiger charge is 2.34. The summed E-state index contributed by atoms with van der Waals surface area (Å²) in [6, 6.07) is 3.10. The summed E-state index contributed by atoms with van der Waals surface area (Å²) < 4.78 is 5.29. The number of nitrogens with zero attached hydrogens (tertiary/aromatic N) is 2. The van der Waals surface area contributed by atoms with Gasteiger partial charge in [0, 0.05) is 24.6 Å². The van der Waals surface area contributed by atoms with E-state index < -0.39 is 16.9 Å². The summed E-state index contributed by atoms with van der Waals surface area (Å²) >= 11 is 5.82. The topological polar surface area (TPSA) is 89.8 Å². The Hall–Kier alpha value is -2.15. The van der Waals surface area contributed by atoms with Gasteiger partial charge in [0.2, 0.25) is 5.91 Å². The minimum atomic E-state index is -0.636. The normalized spacial score (nSPS) is 17.7. The number of amides is 1. The molecule has 1 saturated heterocycles. The largest absolute Gasteiger partial charge is 0.425 e. The third kappa shape index (κ3) is 4.03. The smallest absolute Gasteiger partial charge is 0.334 e. The molecule has 0 aromatic heterocycles. The van der Waals surface area contributed by atoms with Crippen molar-refractivity contribution in [3.05, 3.63) is 33.3 Å². The molecular formula is C16H19ClN2O5. The van der Waals surface area contributed by atoms with E-state index in [1.807, 2.05) is 0 Å². The first-order valence-corrected chi connectivity index (χ1v) is 8.15. The number of halogens is 1. The summed E-state index contributed by atoms with van der Waals surface area (Å²) in [7, 11) is 0. The lowest BCUT2D eigenvalue weighted by molar-refractivity contribution is -0.384. The molecule has 2 rings (SSSR count). The van der Waals surface area contributed by atoms with Gasteiger partial charge in [0.1, 0.15) is 16.8 Å². The lowest BCUT2D eigenvalue weighted by atomic mass is 10.00. The average molecular weight is 355 g/mol. The van der Waals surface area contributed by atoms with Crippen LogP contribution in [0.15, 0.2) is 18.2 Å². The van der Waals surface area contributed by atoms with E-state index in [0.29, 0.717) is 13.0 Å². The molecule has 1 amide bonds. The maximum Gasteiger partial charge on any atom is 0.334 e. The number of hydrogen-bond acceptors (Lipinski definition) is 5. The molecule has 1 aromatic rings.